The maximum absolute atomic E-state index is 12.3. The summed E-state index contributed by atoms with van der Waals surface area (Å²) in [6.45, 7) is 10.2. The smallest absolute Gasteiger partial charge is 0.407 e. The molecule has 7 nitrogen and oxygen atoms in total. The Morgan fingerprint density at radius 3 is 2.66 bits per heavy atom. The minimum absolute atomic E-state index is 0.0557. The van der Waals surface area contributed by atoms with Crippen LogP contribution in [-0.4, -0.2) is 41.1 Å². The van der Waals surface area contributed by atoms with Crippen LogP contribution >= 0.6 is 0 Å². The van der Waals surface area contributed by atoms with E-state index in [-0.39, 0.29) is 11.3 Å². The van der Waals surface area contributed by atoms with Crippen LogP contribution in [0.3, 0.4) is 0 Å². The molecule has 2 aliphatic rings. The summed E-state index contributed by atoms with van der Waals surface area (Å²) in [5.74, 6) is 1.97. The fourth-order valence-electron chi connectivity index (χ4n) is 4.81. The number of nitrogens with one attached hydrogen (secondary N) is 1. The number of nitrogens with zero attached hydrogens (tertiary/aromatic N) is 2. The predicted octanol–water partition coefficient (Wildman–Crippen LogP) is 3.37. The summed E-state index contributed by atoms with van der Waals surface area (Å²) in [6, 6.07) is 0. The van der Waals surface area contributed by atoms with Crippen LogP contribution in [0.1, 0.15) is 71.0 Å². The Hall–Kier alpha value is -2.18. The van der Waals surface area contributed by atoms with Crippen molar-refractivity contribution in [2.24, 2.45) is 11.8 Å². The van der Waals surface area contributed by atoms with Gasteiger partial charge in [-0.1, -0.05) is 13.8 Å². The number of carbonyl (C=O) groups excluding carboxylic acids is 2. The molecule has 7 heteroatoms. The first-order chi connectivity index (χ1) is 13.5. The molecule has 0 bridgehead atoms. The summed E-state index contributed by atoms with van der Waals surface area (Å²) in [4.78, 5) is 33.7. The molecular formula is C22H33N3O4. The first-order valence-electron chi connectivity index (χ1n) is 10.5. The largest absolute Gasteiger partial charge is 0.481 e. The average Bonchev–Trinajstić information content (AvgIpc) is 2.63. The molecule has 160 valence electrons. The van der Waals surface area contributed by atoms with Crippen LogP contribution in [0, 0.1) is 11.8 Å². The molecule has 0 aliphatic heterocycles. The highest BCUT2D eigenvalue weighted by Gasteiger charge is 2.49. The van der Waals surface area contributed by atoms with Crippen molar-refractivity contribution in [1.82, 2.24) is 15.3 Å². The molecule has 0 spiro atoms. The lowest BCUT2D eigenvalue weighted by molar-refractivity contribution is -0.128. The summed E-state index contributed by atoms with van der Waals surface area (Å²) >= 11 is 0. The fraction of sp³-hybridized carbons (Fsp3) is 0.727. The lowest BCUT2D eigenvalue weighted by Crippen LogP contribution is -2.47. The Labute approximate surface area is 173 Å². The Morgan fingerprint density at radius 1 is 1.28 bits per heavy atom. The topological polar surface area (TPSA) is 90.4 Å². The van der Waals surface area contributed by atoms with Gasteiger partial charge in [-0.15, -0.1) is 0 Å². The lowest BCUT2D eigenvalue weighted by Gasteiger charge is -2.47. The number of hydrogen-bond acceptors (Lipinski definition) is 6. The number of methoxy groups -OCH3 is 1. The van der Waals surface area contributed by atoms with Crippen molar-refractivity contribution in [2.45, 2.75) is 77.7 Å². The van der Waals surface area contributed by atoms with Crippen molar-refractivity contribution in [2.75, 3.05) is 13.7 Å². The zero-order valence-corrected chi connectivity index (χ0v) is 18.4. The second kappa shape index (κ2) is 7.92. The molecule has 2 aliphatic carbocycles. The minimum atomic E-state index is -0.533. The first kappa shape index (κ1) is 21.5. The van der Waals surface area contributed by atoms with E-state index in [4.69, 9.17) is 14.5 Å². The molecule has 0 aromatic carbocycles. The van der Waals surface area contributed by atoms with Crippen molar-refractivity contribution in [1.29, 1.82) is 0 Å². The summed E-state index contributed by atoms with van der Waals surface area (Å²) in [7, 11) is 1.63. The third-order valence-electron chi connectivity index (χ3n) is 6.29. The molecule has 1 fully saturated rings. The number of rotatable bonds is 4. The van der Waals surface area contributed by atoms with Crippen LogP contribution in [-0.2, 0) is 27.8 Å². The normalized spacial score (nSPS) is 26.3. The van der Waals surface area contributed by atoms with Gasteiger partial charge < -0.3 is 14.8 Å². The summed E-state index contributed by atoms with van der Waals surface area (Å²) in [6.07, 6.45) is 3.22. The van der Waals surface area contributed by atoms with Gasteiger partial charge >= 0.3 is 6.09 Å². The molecule has 1 aromatic rings. The quantitative estimate of drug-likeness (QED) is 0.829. The van der Waals surface area contributed by atoms with Gasteiger partial charge in [0.1, 0.15) is 17.2 Å². The molecule has 1 heterocycles. The van der Waals surface area contributed by atoms with E-state index in [0.29, 0.717) is 42.8 Å². The number of aromatic nitrogens is 2. The van der Waals surface area contributed by atoms with E-state index in [9.17, 15) is 9.59 Å². The molecular weight excluding hydrogens is 370 g/mol. The van der Waals surface area contributed by atoms with E-state index in [0.717, 1.165) is 30.5 Å². The van der Waals surface area contributed by atoms with E-state index < -0.39 is 11.7 Å². The predicted molar refractivity (Wildman–Crippen MR) is 109 cm³/mol. The maximum atomic E-state index is 12.3. The molecule has 1 amide bonds. The lowest BCUT2D eigenvalue weighted by atomic mass is 9.56. The Bertz CT molecular complexity index is 802. The van der Waals surface area contributed by atoms with Gasteiger partial charge in [-0.2, -0.15) is 4.98 Å². The second-order valence-corrected chi connectivity index (χ2v) is 9.47. The van der Waals surface area contributed by atoms with Crippen LogP contribution in [0.2, 0.25) is 0 Å². The Morgan fingerprint density at radius 2 is 2.00 bits per heavy atom. The molecule has 0 unspecified atom stereocenters. The maximum Gasteiger partial charge on any atom is 0.407 e. The van der Waals surface area contributed by atoms with E-state index in [1.807, 2.05) is 20.8 Å². The van der Waals surface area contributed by atoms with Gasteiger partial charge in [0, 0.05) is 36.3 Å². The number of Topliss-reactive ketones (excluding diaryl/α,β-unsaturated/α-hetero) is 1. The summed E-state index contributed by atoms with van der Waals surface area (Å²) in [5, 5.41) is 2.76. The number of alkyl carbamates (subject to hydrolysis) is 1. The molecule has 0 radical (unpaired) electrons. The third kappa shape index (κ3) is 4.38. The van der Waals surface area contributed by atoms with Gasteiger partial charge in [0.25, 0.3) is 0 Å². The Kier molecular flexibility index (Phi) is 5.88. The van der Waals surface area contributed by atoms with Crippen molar-refractivity contribution >= 4 is 11.9 Å². The zero-order valence-electron chi connectivity index (χ0n) is 18.4. The van der Waals surface area contributed by atoms with Crippen LogP contribution in [0.25, 0.3) is 0 Å². The molecule has 29 heavy (non-hydrogen) atoms. The van der Waals surface area contributed by atoms with Gasteiger partial charge in [-0.25, -0.2) is 9.78 Å². The van der Waals surface area contributed by atoms with Crippen molar-refractivity contribution in [3.63, 3.8) is 0 Å². The number of amides is 1. The molecule has 1 saturated carbocycles. The highest BCUT2D eigenvalue weighted by Crippen LogP contribution is 2.51. The van der Waals surface area contributed by atoms with E-state index in [2.05, 4.69) is 24.1 Å². The van der Waals surface area contributed by atoms with Gasteiger partial charge in [0.2, 0.25) is 5.88 Å². The fourth-order valence-corrected chi connectivity index (χ4v) is 4.81. The molecule has 3 rings (SSSR count). The number of ketones is 1. The number of ether oxygens (including phenoxy) is 2. The second-order valence-electron chi connectivity index (χ2n) is 9.47. The molecule has 3 atom stereocenters. The van der Waals surface area contributed by atoms with Crippen molar-refractivity contribution in [3.8, 4) is 5.88 Å². The van der Waals surface area contributed by atoms with Gasteiger partial charge in [-0.3, -0.25) is 4.79 Å². The van der Waals surface area contributed by atoms with E-state index in [1.165, 1.54) is 0 Å². The monoisotopic (exact) mass is 403 g/mol. The van der Waals surface area contributed by atoms with Crippen LogP contribution < -0.4 is 10.1 Å². The zero-order chi connectivity index (χ0) is 21.4. The SMILES string of the molecule is COc1nc(CCNC(=O)OC(C)(C)C)nc2c1CC[C@@H]1[C@@H](C)C(=O)CC[C@@]21C. The average molecular weight is 404 g/mol. The molecule has 1 N–H and O–H groups in total. The Balaban J connectivity index is 1.81. The number of carbonyl (C=O) groups is 2. The van der Waals surface area contributed by atoms with Crippen molar-refractivity contribution < 1.29 is 19.1 Å². The van der Waals surface area contributed by atoms with Gasteiger partial charge in [0.15, 0.2) is 0 Å². The van der Waals surface area contributed by atoms with Crippen molar-refractivity contribution in [3.05, 3.63) is 17.1 Å². The third-order valence-corrected chi connectivity index (χ3v) is 6.29. The summed E-state index contributed by atoms with van der Waals surface area (Å²) < 4.78 is 10.9. The standard InChI is InChI=1S/C22H33N3O4/c1-13-15-8-7-14-18(22(15,5)11-9-16(13)26)24-17(25-19(14)28-6)10-12-23-20(27)29-21(2,3)4/h13,15H,7-12H2,1-6H3,(H,23,27)/t13-,15-,22-/m1/s1. The highest BCUT2D eigenvalue weighted by molar-refractivity contribution is 5.82. The first-order valence-corrected chi connectivity index (χ1v) is 10.5. The highest BCUT2D eigenvalue weighted by atomic mass is 16.6. The molecule has 1 aromatic heterocycles. The van der Waals surface area contributed by atoms with Crippen LogP contribution in [0.4, 0.5) is 4.79 Å². The molecule has 0 saturated heterocycles. The minimum Gasteiger partial charge on any atom is -0.481 e. The number of fused-ring (bicyclic) bond motifs is 3. The van der Waals surface area contributed by atoms with E-state index >= 15 is 0 Å². The van der Waals surface area contributed by atoms with Gasteiger partial charge in [-0.05, 0) is 46.0 Å². The van der Waals surface area contributed by atoms with Gasteiger partial charge in [0.05, 0.1) is 12.8 Å². The van der Waals surface area contributed by atoms with Crippen LogP contribution in [0.5, 0.6) is 5.88 Å². The summed E-state index contributed by atoms with van der Waals surface area (Å²) in [5.41, 5.74) is 1.41. The van der Waals surface area contributed by atoms with E-state index in [1.54, 1.807) is 7.11 Å². The number of hydrogen-bond donors (Lipinski definition) is 1. The van der Waals surface area contributed by atoms with Crippen LogP contribution in [0.15, 0.2) is 0 Å².